The molecule has 30 heavy (non-hydrogen) atoms. The summed E-state index contributed by atoms with van der Waals surface area (Å²) in [4.78, 5) is 12.4. The van der Waals surface area contributed by atoms with Gasteiger partial charge in [-0.2, -0.15) is 0 Å². The van der Waals surface area contributed by atoms with Crippen molar-refractivity contribution in [2.75, 3.05) is 11.9 Å². The second-order valence-electron chi connectivity index (χ2n) is 6.84. The van der Waals surface area contributed by atoms with Gasteiger partial charge < -0.3 is 10.1 Å². The van der Waals surface area contributed by atoms with E-state index in [-0.39, 0.29) is 11.0 Å². The minimum atomic E-state index is -0.262. The molecule has 0 unspecified atom stereocenters. The van der Waals surface area contributed by atoms with Gasteiger partial charge >= 0.3 is 0 Å². The van der Waals surface area contributed by atoms with Crippen molar-refractivity contribution < 1.29 is 9.53 Å². The van der Waals surface area contributed by atoms with Crippen LogP contribution in [0.5, 0.6) is 5.75 Å². The number of halogens is 1. The van der Waals surface area contributed by atoms with Gasteiger partial charge in [0.15, 0.2) is 5.11 Å². The number of hydrogen-bond donors (Lipinski definition) is 2. The molecule has 0 fully saturated rings. The summed E-state index contributed by atoms with van der Waals surface area (Å²) in [6.45, 7) is 2.59. The van der Waals surface area contributed by atoms with Crippen LogP contribution in [0.4, 0.5) is 5.69 Å². The number of amides is 1. The van der Waals surface area contributed by atoms with Gasteiger partial charge in [0.1, 0.15) is 5.75 Å². The average Bonchev–Trinajstić information content (AvgIpc) is 2.74. The summed E-state index contributed by atoms with van der Waals surface area (Å²) in [5.41, 5.74) is 3.66. The van der Waals surface area contributed by atoms with Crippen molar-refractivity contribution in [3.8, 4) is 5.75 Å². The third-order valence-electron chi connectivity index (χ3n) is 4.47. The molecule has 154 valence electrons. The molecule has 3 aromatic rings. The summed E-state index contributed by atoms with van der Waals surface area (Å²) >= 11 is 8.72. The number of hydrogen-bond acceptors (Lipinski definition) is 3. The SMILES string of the molecule is Cc1ccc(C(=O)NC(=S)Nc2cccc(OCCCc3ccccc3)c2)cc1Br. The number of carbonyl (C=O) groups excluding carboxylic acids is 1. The molecule has 0 aliphatic heterocycles. The first-order valence-corrected chi connectivity index (χ1v) is 10.9. The molecule has 0 heterocycles. The summed E-state index contributed by atoms with van der Waals surface area (Å²) < 4.78 is 6.73. The van der Waals surface area contributed by atoms with E-state index in [9.17, 15) is 4.79 Å². The van der Waals surface area contributed by atoms with E-state index in [4.69, 9.17) is 17.0 Å². The minimum absolute atomic E-state index is 0.234. The van der Waals surface area contributed by atoms with Gasteiger partial charge in [0.25, 0.3) is 5.91 Å². The summed E-state index contributed by atoms with van der Waals surface area (Å²) in [6.07, 6.45) is 1.91. The third kappa shape index (κ3) is 6.68. The molecule has 0 aliphatic carbocycles. The number of ether oxygens (including phenoxy) is 1. The molecule has 0 atom stereocenters. The normalized spacial score (nSPS) is 10.3. The number of aryl methyl sites for hydroxylation is 2. The maximum Gasteiger partial charge on any atom is 0.257 e. The van der Waals surface area contributed by atoms with Crippen molar-refractivity contribution in [2.45, 2.75) is 19.8 Å². The molecule has 6 heteroatoms. The Morgan fingerprint density at radius 2 is 1.83 bits per heavy atom. The summed E-state index contributed by atoms with van der Waals surface area (Å²) in [7, 11) is 0. The largest absolute Gasteiger partial charge is 0.494 e. The summed E-state index contributed by atoms with van der Waals surface area (Å²) in [5.74, 6) is 0.492. The second-order valence-corrected chi connectivity index (χ2v) is 8.10. The fourth-order valence-corrected chi connectivity index (χ4v) is 3.44. The van der Waals surface area contributed by atoms with Gasteiger partial charge in [0, 0.05) is 21.8 Å². The zero-order valence-electron chi connectivity index (χ0n) is 16.7. The van der Waals surface area contributed by atoms with Crippen molar-refractivity contribution in [3.63, 3.8) is 0 Å². The predicted molar refractivity (Wildman–Crippen MR) is 129 cm³/mol. The van der Waals surface area contributed by atoms with E-state index in [1.807, 2.05) is 55.5 Å². The number of nitrogens with one attached hydrogen (secondary N) is 2. The predicted octanol–water partition coefficient (Wildman–Crippen LogP) is 5.90. The van der Waals surface area contributed by atoms with Crippen molar-refractivity contribution in [1.29, 1.82) is 0 Å². The highest BCUT2D eigenvalue weighted by atomic mass is 79.9. The quantitative estimate of drug-likeness (QED) is 0.325. The lowest BCUT2D eigenvalue weighted by molar-refractivity contribution is 0.0977. The van der Waals surface area contributed by atoms with Gasteiger partial charge in [0.2, 0.25) is 0 Å². The lowest BCUT2D eigenvalue weighted by Gasteiger charge is -2.12. The fourth-order valence-electron chi connectivity index (χ4n) is 2.85. The number of anilines is 1. The van der Waals surface area contributed by atoms with Crippen LogP contribution in [0.15, 0.2) is 77.3 Å². The molecule has 0 saturated carbocycles. The molecule has 3 aromatic carbocycles. The van der Waals surface area contributed by atoms with Crippen LogP contribution in [0.25, 0.3) is 0 Å². The Morgan fingerprint density at radius 1 is 1.03 bits per heavy atom. The minimum Gasteiger partial charge on any atom is -0.494 e. The van der Waals surface area contributed by atoms with Crippen LogP contribution in [-0.2, 0) is 6.42 Å². The Balaban J connectivity index is 1.48. The molecular weight excluding hydrogens is 460 g/mol. The first kappa shape index (κ1) is 22.0. The van der Waals surface area contributed by atoms with E-state index in [2.05, 4.69) is 38.7 Å². The monoisotopic (exact) mass is 482 g/mol. The van der Waals surface area contributed by atoms with Crippen molar-refractivity contribution >= 4 is 44.9 Å². The van der Waals surface area contributed by atoms with E-state index < -0.39 is 0 Å². The van der Waals surface area contributed by atoms with Crippen molar-refractivity contribution in [1.82, 2.24) is 5.32 Å². The molecule has 2 N–H and O–H groups in total. The van der Waals surface area contributed by atoms with Gasteiger partial charge in [-0.05, 0) is 67.4 Å². The zero-order valence-corrected chi connectivity index (χ0v) is 19.1. The molecule has 0 radical (unpaired) electrons. The highest BCUT2D eigenvalue weighted by molar-refractivity contribution is 9.10. The van der Waals surface area contributed by atoms with Crippen LogP contribution in [-0.4, -0.2) is 17.6 Å². The van der Waals surface area contributed by atoms with E-state index in [1.165, 1.54) is 5.56 Å². The van der Waals surface area contributed by atoms with E-state index >= 15 is 0 Å². The third-order valence-corrected chi connectivity index (χ3v) is 5.53. The Hall–Kier alpha value is -2.70. The molecule has 0 spiro atoms. The van der Waals surface area contributed by atoms with Crippen LogP contribution in [0.1, 0.15) is 27.9 Å². The van der Waals surface area contributed by atoms with E-state index in [1.54, 1.807) is 12.1 Å². The average molecular weight is 483 g/mol. The highest BCUT2D eigenvalue weighted by Gasteiger charge is 2.09. The lowest BCUT2D eigenvalue weighted by Crippen LogP contribution is -2.34. The standard InChI is InChI=1S/C24H23BrN2O2S/c1-17-12-13-19(15-22(17)25)23(28)27-24(30)26-20-10-5-11-21(16-20)29-14-6-9-18-7-3-2-4-8-18/h2-5,7-8,10-13,15-16H,6,9,14H2,1H3,(H2,26,27,28,30). The summed E-state index contributed by atoms with van der Waals surface area (Å²) in [5, 5.41) is 5.97. The molecule has 1 amide bonds. The molecule has 0 saturated heterocycles. The van der Waals surface area contributed by atoms with Crippen LogP contribution in [0.2, 0.25) is 0 Å². The van der Waals surface area contributed by atoms with Crippen LogP contribution < -0.4 is 15.4 Å². The van der Waals surface area contributed by atoms with Crippen LogP contribution >= 0.6 is 28.1 Å². The maximum atomic E-state index is 12.4. The second kappa shape index (κ2) is 10.9. The molecular formula is C24H23BrN2O2S. The Bertz CT molecular complexity index is 1020. The van der Waals surface area contributed by atoms with Gasteiger partial charge in [-0.3, -0.25) is 10.1 Å². The molecule has 0 aliphatic rings. The maximum absolute atomic E-state index is 12.4. The Labute approximate surface area is 190 Å². The Morgan fingerprint density at radius 3 is 2.60 bits per heavy atom. The topological polar surface area (TPSA) is 50.4 Å². The first-order valence-electron chi connectivity index (χ1n) is 9.66. The molecule has 0 bridgehead atoms. The van der Waals surface area contributed by atoms with Gasteiger partial charge in [-0.15, -0.1) is 0 Å². The molecule has 0 aromatic heterocycles. The van der Waals surface area contributed by atoms with Gasteiger partial charge in [-0.1, -0.05) is 58.4 Å². The van der Waals surface area contributed by atoms with Crippen LogP contribution in [0.3, 0.4) is 0 Å². The summed E-state index contributed by atoms with van der Waals surface area (Å²) in [6, 6.07) is 23.3. The van der Waals surface area contributed by atoms with E-state index in [0.717, 1.165) is 34.3 Å². The smallest absolute Gasteiger partial charge is 0.257 e. The fraction of sp³-hybridized carbons (Fsp3) is 0.167. The van der Waals surface area contributed by atoms with Gasteiger partial charge in [-0.25, -0.2) is 0 Å². The van der Waals surface area contributed by atoms with Crippen molar-refractivity contribution in [2.24, 2.45) is 0 Å². The number of thiocarbonyl (C=S) groups is 1. The molecule has 4 nitrogen and oxygen atoms in total. The zero-order chi connectivity index (χ0) is 21.3. The molecule has 3 rings (SSSR count). The number of rotatable bonds is 7. The van der Waals surface area contributed by atoms with Crippen molar-refractivity contribution in [3.05, 3.63) is 94.0 Å². The number of carbonyl (C=O) groups is 1. The lowest BCUT2D eigenvalue weighted by atomic mass is 10.1. The first-order chi connectivity index (χ1) is 14.5. The van der Waals surface area contributed by atoms with E-state index in [0.29, 0.717) is 12.2 Å². The van der Waals surface area contributed by atoms with Crippen LogP contribution in [0, 0.1) is 6.92 Å². The highest BCUT2D eigenvalue weighted by Crippen LogP contribution is 2.19. The van der Waals surface area contributed by atoms with Gasteiger partial charge in [0.05, 0.1) is 6.61 Å². The number of benzene rings is 3. The Kier molecular flexibility index (Phi) is 7.99.